The van der Waals surface area contributed by atoms with Gasteiger partial charge in [0, 0.05) is 24.1 Å². The minimum Gasteiger partial charge on any atom is -0.457 e. The number of nitrogens with zero attached hydrogens (tertiary/aromatic N) is 3. The van der Waals surface area contributed by atoms with Crippen molar-refractivity contribution in [2.24, 2.45) is 5.73 Å². The van der Waals surface area contributed by atoms with Gasteiger partial charge in [0.2, 0.25) is 0 Å². The summed E-state index contributed by atoms with van der Waals surface area (Å²) >= 11 is 0. The number of anilines is 1. The summed E-state index contributed by atoms with van der Waals surface area (Å²) in [7, 11) is 0. The van der Waals surface area contributed by atoms with E-state index in [9.17, 15) is 4.39 Å². The van der Waals surface area contributed by atoms with Crippen molar-refractivity contribution in [3.8, 4) is 22.8 Å². The SMILES string of the molecule is C[C@@H](N)Cc1nc(N)c2c(-c3ccc(Oc4ccccc4)cc3F)n[nH]c2n1. The Bertz CT molecular complexity index is 1130. The molecule has 4 rings (SSSR count). The predicted octanol–water partition coefficient (Wildman–Crippen LogP) is 3.42. The molecule has 2 aromatic heterocycles. The zero-order valence-electron chi connectivity index (χ0n) is 15.2. The van der Waals surface area contributed by atoms with Crippen molar-refractivity contribution in [3.63, 3.8) is 0 Å². The maximum Gasteiger partial charge on any atom is 0.161 e. The molecule has 0 fully saturated rings. The van der Waals surface area contributed by atoms with E-state index in [1.807, 2.05) is 25.1 Å². The van der Waals surface area contributed by atoms with Crippen LogP contribution < -0.4 is 16.2 Å². The Balaban J connectivity index is 1.70. The summed E-state index contributed by atoms with van der Waals surface area (Å²) in [5, 5.41) is 7.48. The van der Waals surface area contributed by atoms with E-state index in [0.29, 0.717) is 40.5 Å². The molecule has 0 amide bonds. The Kier molecular flexibility index (Phi) is 4.62. The third-order valence-corrected chi connectivity index (χ3v) is 4.17. The number of aromatic amines is 1. The van der Waals surface area contributed by atoms with Gasteiger partial charge in [-0.1, -0.05) is 18.2 Å². The van der Waals surface area contributed by atoms with Crippen LogP contribution in [0.25, 0.3) is 22.3 Å². The number of hydrogen-bond donors (Lipinski definition) is 3. The van der Waals surface area contributed by atoms with Crippen LogP contribution in [0.4, 0.5) is 10.2 Å². The molecule has 142 valence electrons. The lowest BCUT2D eigenvalue weighted by Crippen LogP contribution is -2.19. The van der Waals surface area contributed by atoms with Crippen LogP contribution in [-0.2, 0) is 6.42 Å². The molecule has 0 aliphatic heterocycles. The topological polar surface area (TPSA) is 116 Å². The van der Waals surface area contributed by atoms with Crippen LogP contribution in [0.5, 0.6) is 11.5 Å². The molecule has 0 spiro atoms. The number of rotatable bonds is 5. The first-order chi connectivity index (χ1) is 13.5. The quantitative estimate of drug-likeness (QED) is 0.490. The molecular formula is C20H19FN6O. The van der Waals surface area contributed by atoms with Crippen molar-refractivity contribution in [2.75, 3.05) is 5.73 Å². The first kappa shape index (κ1) is 17.9. The lowest BCUT2D eigenvalue weighted by atomic mass is 10.1. The number of para-hydroxylation sites is 1. The highest BCUT2D eigenvalue weighted by Crippen LogP contribution is 2.33. The van der Waals surface area contributed by atoms with Crippen LogP contribution in [0.2, 0.25) is 0 Å². The highest BCUT2D eigenvalue weighted by molar-refractivity contribution is 5.98. The molecule has 1 atom stereocenters. The highest BCUT2D eigenvalue weighted by Gasteiger charge is 2.18. The molecule has 7 nitrogen and oxygen atoms in total. The van der Waals surface area contributed by atoms with Crippen LogP contribution in [0.1, 0.15) is 12.7 Å². The van der Waals surface area contributed by atoms with E-state index in [0.717, 1.165) is 0 Å². The second-order valence-electron chi connectivity index (χ2n) is 6.56. The molecule has 0 aliphatic rings. The summed E-state index contributed by atoms with van der Waals surface area (Å²) in [4.78, 5) is 8.67. The van der Waals surface area contributed by atoms with Gasteiger partial charge in [0.05, 0.1) is 5.39 Å². The number of hydrogen-bond acceptors (Lipinski definition) is 6. The first-order valence-electron chi connectivity index (χ1n) is 8.80. The van der Waals surface area contributed by atoms with E-state index in [-0.39, 0.29) is 17.4 Å². The van der Waals surface area contributed by atoms with Crippen LogP contribution >= 0.6 is 0 Å². The molecular weight excluding hydrogens is 359 g/mol. The Morgan fingerprint density at radius 3 is 2.61 bits per heavy atom. The van der Waals surface area contributed by atoms with Crippen molar-refractivity contribution >= 4 is 16.9 Å². The van der Waals surface area contributed by atoms with Crippen LogP contribution in [0.3, 0.4) is 0 Å². The fraction of sp³-hybridized carbons (Fsp3) is 0.150. The standard InChI is InChI=1S/C20H19FN6O/c1-11(22)9-16-24-19(23)17-18(26-27-20(17)25-16)14-8-7-13(10-15(14)21)28-12-5-3-2-4-6-12/h2-8,10-11H,9,22H2,1H3,(H3,23,24,25,26,27)/t11-/m1/s1. The third-order valence-electron chi connectivity index (χ3n) is 4.17. The Labute approximate surface area is 160 Å². The summed E-state index contributed by atoms with van der Waals surface area (Å²) in [5.74, 6) is 1.27. The minimum absolute atomic E-state index is 0.103. The van der Waals surface area contributed by atoms with Crippen molar-refractivity contribution in [2.45, 2.75) is 19.4 Å². The largest absolute Gasteiger partial charge is 0.457 e. The molecule has 0 aliphatic carbocycles. The van der Waals surface area contributed by atoms with Gasteiger partial charge in [-0.25, -0.2) is 14.4 Å². The lowest BCUT2D eigenvalue weighted by molar-refractivity contribution is 0.477. The Hall–Kier alpha value is -3.52. The van der Waals surface area contributed by atoms with E-state index in [4.69, 9.17) is 16.2 Å². The smallest absolute Gasteiger partial charge is 0.161 e. The summed E-state index contributed by atoms with van der Waals surface area (Å²) in [5.41, 5.74) is 13.0. The number of H-pyrrole nitrogens is 1. The molecule has 8 heteroatoms. The number of aromatic nitrogens is 4. The summed E-state index contributed by atoms with van der Waals surface area (Å²) in [6, 6.07) is 13.6. The third kappa shape index (κ3) is 3.49. The summed E-state index contributed by atoms with van der Waals surface area (Å²) < 4.78 is 20.5. The van der Waals surface area contributed by atoms with E-state index in [2.05, 4.69) is 20.2 Å². The fourth-order valence-electron chi connectivity index (χ4n) is 2.96. The molecule has 0 unspecified atom stereocenters. The van der Waals surface area contributed by atoms with Crippen molar-refractivity contribution in [1.82, 2.24) is 20.2 Å². The van der Waals surface area contributed by atoms with E-state index in [1.165, 1.54) is 6.07 Å². The van der Waals surface area contributed by atoms with Gasteiger partial charge < -0.3 is 16.2 Å². The fourth-order valence-corrected chi connectivity index (χ4v) is 2.96. The maximum atomic E-state index is 14.8. The first-order valence-corrected chi connectivity index (χ1v) is 8.80. The van der Waals surface area contributed by atoms with Gasteiger partial charge in [0.15, 0.2) is 5.65 Å². The molecule has 0 radical (unpaired) electrons. The average molecular weight is 378 g/mol. The molecule has 4 aromatic rings. The zero-order chi connectivity index (χ0) is 19.7. The highest BCUT2D eigenvalue weighted by atomic mass is 19.1. The number of fused-ring (bicyclic) bond motifs is 1. The van der Waals surface area contributed by atoms with E-state index >= 15 is 0 Å². The summed E-state index contributed by atoms with van der Waals surface area (Å²) in [6.45, 7) is 1.86. The van der Waals surface area contributed by atoms with Gasteiger partial charge in [-0.05, 0) is 31.2 Å². The summed E-state index contributed by atoms with van der Waals surface area (Å²) in [6.07, 6.45) is 0.481. The molecule has 0 bridgehead atoms. The van der Waals surface area contributed by atoms with Gasteiger partial charge in [0.1, 0.15) is 34.7 Å². The molecule has 28 heavy (non-hydrogen) atoms. The van der Waals surface area contributed by atoms with E-state index in [1.54, 1.807) is 24.3 Å². The van der Waals surface area contributed by atoms with Crippen molar-refractivity contribution in [3.05, 3.63) is 60.2 Å². The lowest BCUT2D eigenvalue weighted by Gasteiger charge is -2.08. The van der Waals surface area contributed by atoms with Crippen LogP contribution in [0.15, 0.2) is 48.5 Å². The Morgan fingerprint density at radius 1 is 1.11 bits per heavy atom. The molecule has 2 aromatic carbocycles. The molecule has 0 saturated heterocycles. The number of nitrogens with two attached hydrogens (primary N) is 2. The zero-order valence-corrected chi connectivity index (χ0v) is 15.2. The monoisotopic (exact) mass is 378 g/mol. The normalized spacial score (nSPS) is 12.2. The van der Waals surface area contributed by atoms with Crippen LogP contribution in [0, 0.1) is 5.82 Å². The van der Waals surface area contributed by atoms with Gasteiger partial charge in [-0.15, -0.1) is 0 Å². The van der Waals surface area contributed by atoms with Gasteiger partial charge >= 0.3 is 0 Å². The number of nitrogens with one attached hydrogen (secondary N) is 1. The van der Waals surface area contributed by atoms with Crippen molar-refractivity contribution in [1.29, 1.82) is 0 Å². The van der Waals surface area contributed by atoms with Gasteiger partial charge in [0.25, 0.3) is 0 Å². The molecule has 0 saturated carbocycles. The average Bonchev–Trinajstić information content (AvgIpc) is 3.06. The maximum absolute atomic E-state index is 14.8. The molecule has 2 heterocycles. The van der Waals surface area contributed by atoms with Gasteiger partial charge in [-0.3, -0.25) is 5.10 Å². The second-order valence-corrected chi connectivity index (χ2v) is 6.56. The van der Waals surface area contributed by atoms with E-state index < -0.39 is 5.82 Å². The second kappa shape index (κ2) is 7.24. The van der Waals surface area contributed by atoms with Gasteiger partial charge in [-0.2, -0.15) is 5.10 Å². The number of nitrogen functional groups attached to an aromatic ring is 1. The van der Waals surface area contributed by atoms with Crippen molar-refractivity contribution < 1.29 is 9.13 Å². The Morgan fingerprint density at radius 2 is 1.89 bits per heavy atom. The van der Waals surface area contributed by atoms with Crippen LogP contribution in [-0.4, -0.2) is 26.2 Å². The molecule has 5 N–H and O–H groups in total. The number of benzene rings is 2. The number of halogens is 1. The number of ether oxygens (including phenoxy) is 1. The minimum atomic E-state index is -0.485. The predicted molar refractivity (Wildman–Crippen MR) is 105 cm³/mol.